The highest BCUT2D eigenvalue weighted by atomic mass is 79.9. The molecule has 3 heterocycles. The number of carbonyl (C=O) groups excluding carboxylic acids is 2. The molecule has 0 aliphatic carbocycles. The first-order valence-corrected chi connectivity index (χ1v) is 9.73. The molecule has 2 aromatic rings. The third-order valence-corrected chi connectivity index (χ3v) is 5.17. The van der Waals surface area contributed by atoms with Crippen LogP contribution in [0.4, 0.5) is 10.6 Å². The number of aryl methyl sites for hydroxylation is 2. The van der Waals surface area contributed by atoms with Gasteiger partial charge < -0.3 is 20.0 Å². The van der Waals surface area contributed by atoms with Crippen molar-refractivity contribution in [2.45, 2.75) is 33.2 Å². The molecule has 3 amide bonds. The van der Waals surface area contributed by atoms with Crippen LogP contribution in [0.15, 0.2) is 33.3 Å². The van der Waals surface area contributed by atoms with Crippen LogP contribution >= 0.6 is 15.9 Å². The summed E-state index contributed by atoms with van der Waals surface area (Å²) in [6.45, 7) is 5.33. The molecule has 0 saturated carbocycles. The molecule has 0 radical (unpaired) electrons. The molecule has 7 nitrogen and oxygen atoms in total. The molecule has 1 fully saturated rings. The van der Waals surface area contributed by atoms with Crippen molar-refractivity contribution in [1.29, 1.82) is 0 Å². The number of rotatable bonds is 4. The minimum absolute atomic E-state index is 0.0469. The van der Waals surface area contributed by atoms with Gasteiger partial charge in [0.1, 0.15) is 17.3 Å². The van der Waals surface area contributed by atoms with Gasteiger partial charge in [-0.1, -0.05) is 0 Å². The Hall–Kier alpha value is -2.35. The second-order valence-corrected chi connectivity index (χ2v) is 7.63. The number of nitrogens with zero attached hydrogens (tertiary/aromatic N) is 2. The number of furan rings is 1. The summed E-state index contributed by atoms with van der Waals surface area (Å²) in [6, 6.07) is 5.41. The third kappa shape index (κ3) is 5.09. The predicted octanol–water partition coefficient (Wildman–Crippen LogP) is 3.61. The average Bonchev–Trinajstić information content (AvgIpc) is 2.99. The SMILES string of the molecule is Cc1cc(CNC(=O)N2CCC(C(=O)Nc3ccc(Br)cn3)CC2)c(C)o1. The van der Waals surface area contributed by atoms with Crippen molar-refractivity contribution < 1.29 is 14.0 Å². The van der Waals surface area contributed by atoms with Gasteiger partial charge >= 0.3 is 6.03 Å². The maximum atomic E-state index is 12.4. The number of likely N-dealkylation sites (tertiary alicyclic amines) is 1. The second-order valence-electron chi connectivity index (χ2n) is 6.71. The van der Waals surface area contributed by atoms with Crippen molar-refractivity contribution in [1.82, 2.24) is 15.2 Å². The lowest BCUT2D eigenvalue weighted by Crippen LogP contribution is -2.45. The fourth-order valence-electron chi connectivity index (χ4n) is 3.16. The normalized spacial score (nSPS) is 14.9. The lowest BCUT2D eigenvalue weighted by molar-refractivity contribution is -0.121. The minimum Gasteiger partial charge on any atom is -0.466 e. The monoisotopic (exact) mass is 434 g/mol. The molecule has 1 saturated heterocycles. The molecule has 8 heteroatoms. The molecule has 2 N–H and O–H groups in total. The van der Waals surface area contributed by atoms with E-state index in [0.29, 0.717) is 38.3 Å². The van der Waals surface area contributed by atoms with Gasteiger partial charge in [0, 0.05) is 41.8 Å². The number of aromatic nitrogens is 1. The molecule has 0 unspecified atom stereocenters. The van der Waals surface area contributed by atoms with Crippen LogP contribution in [-0.4, -0.2) is 34.9 Å². The molecule has 0 spiro atoms. The lowest BCUT2D eigenvalue weighted by atomic mass is 9.96. The molecule has 1 aliphatic heterocycles. The predicted molar refractivity (Wildman–Crippen MR) is 105 cm³/mol. The first-order chi connectivity index (χ1) is 12.9. The highest BCUT2D eigenvalue weighted by Crippen LogP contribution is 2.20. The van der Waals surface area contributed by atoms with Crippen molar-refractivity contribution in [2.75, 3.05) is 18.4 Å². The van der Waals surface area contributed by atoms with E-state index >= 15 is 0 Å². The molecular weight excluding hydrogens is 412 g/mol. The highest BCUT2D eigenvalue weighted by molar-refractivity contribution is 9.10. The molecule has 3 rings (SSSR count). The standard InChI is InChI=1S/C19H23BrN4O3/c1-12-9-15(13(2)27-12)10-22-19(26)24-7-5-14(6-8-24)18(25)23-17-4-3-16(20)11-21-17/h3-4,9,11,14H,5-8,10H2,1-2H3,(H,22,26)(H,21,23,25). The Labute approximate surface area is 166 Å². The summed E-state index contributed by atoms with van der Waals surface area (Å²) in [5.74, 6) is 2.04. The number of nitrogens with one attached hydrogen (secondary N) is 2. The number of hydrogen-bond acceptors (Lipinski definition) is 4. The van der Waals surface area contributed by atoms with Crippen molar-refractivity contribution >= 4 is 33.7 Å². The van der Waals surface area contributed by atoms with Crippen LogP contribution in [-0.2, 0) is 11.3 Å². The largest absolute Gasteiger partial charge is 0.466 e. The van der Waals surface area contributed by atoms with Crippen LogP contribution in [0.25, 0.3) is 0 Å². The topological polar surface area (TPSA) is 87.5 Å². The van der Waals surface area contributed by atoms with Crippen LogP contribution in [0, 0.1) is 19.8 Å². The number of pyridine rings is 1. The van der Waals surface area contributed by atoms with E-state index in [9.17, 15) is 9.59 Å². The van der Waals surface area contributed by atoms with E-state index in [4.69, 9.17) is 4.42 Å². The molecule has 0 aromatic carbocycles. The van der Waals surface area contributed by atoms with Gasteiger partial charge in [-0.3, -0.25) is 4.79 Å². The minimum atomic E-state index is -0.113. The molecular formula is C19H23BrN4O3. The first-order valence-electron chi connectivity index (χ1n) is 8.93. The Morgan fingerprint density at radius 2 is 2.04 bits per heavy atom. The van der Waals surface area contributed by atoms with E-state index in [1.165, 1.54) is 0 Å². The third-order valence-electron chi connectivity index (χ3n) is 4.71. The van der Waals surface area contributed by atoms with Gasteiger partial charge in [-0.15, -0.1) is 0 Å². The summed E-state index contributed by atoms with van der Waals surface area (Å²) in [6.07, 6.45) is 2.92. The lowest BCUT2D eigenvalue weighted by Gasteiger charge is -2.31. The zero-order valence-electron chi connectivity index (χ0n) is 15.4. The van der Waals surface area contributed by atoms with Crippen LogP contribution < -0.4 is 10.6 Å². The summed E-state index contributed by atoms with van der Waals surface area (Å²) in [7, 11) is 0. The Bertz CT molecular complexity index is 811. The molecule has 1 aliphatic rings. The van der Waals surface area contributed by atoms with Crippen LogP contribution in [0.1, 0.15) is 29.9 Å². The number of halogens is 1. The van der Waals surface area contributed by atoms with Crippen LogP contribution in [0.5, 0.6) is 0 Å². The maximum absolute atomic E-state index is 12.4. The number of hydrogen-bond donors (Lipinski definition) is 2. The maximum Gasteiger partial charge on any atom is 0.317 e. The van der Waals surface area contributed by atoms with Crippen molar-refractivity contribution in [3.63, 3.8) is 0 Å². The van der Waals surface area contributed by atoms with E-state index in [1.54, 1.807) is 17.2 Å². The van der Waals surface area contributed by atoms with Crippen LogP contribution in [0.3, 0.4) is 0 Å². The zero-order chi connectivity index (χ0) is 19.4. The summed E-state index contributed by atoms with van der Waals surface area (Å²) in [5.41, 5.74) is 0.983. The zero-order valence-corrected chi connectivity index (χ0v) is 17.0. The van der Waals surface area contributed by atoms with Crippen LogP contribution in [0.2, 0.25) is 0 Å². The molecule has 27 heavy (non-hydrogen) atoms. The van der Waals surface area contributed by atoms with E-state index in [0.717, 1.165) is 21.6 Å². The van der Waals surface area contributed by atoms with Gasteiger partial charge in [0.15, 0.2) is 0 Å². The van der Waals surface area contributed by atoms with Gasteiger partial charge in [0.2, 0.25) is 5.91 Å². The summed E-state index contributed by atoms with van der Waals surface area (Å²) >= 11 is 3.32. The Kier molecular flexibility index (Phi) is 6.15. The molecule has 0 atom stereocenters. The smallest absolute Gasteiger partial charge is 0.317 e. The van der Waals surface area contributed by atoms with Crippen molar-refractivity contribution in [2.24, 2.45) is 5.92 Å². The van der Waals surface area contributed by atoms with Crippen molar-refractivity contribution in [3.05, 3.63) is 46.0 Å². The Morgan fingerprint density at radius 3 is 2.63 bits per heavy atom. The highest BCUT2D eigenvalue weighted by Gasteiger charge is 2.27. The van der Waals surface area contributed by atoms with E-state index in [1.807, 2.05) is 26.0 Å². The second kappa shape index (κ2) is 8.56. The number of amides is 3. The van der Waals surface area contributed by atoms with E-state index in [-0.39, 0.29) is 17.9 Å². The van der Waals surface area contributed by atoms with Gasteiger partial charge in [0.05, 0.1) is 0 Å². The fourth-order valence-corrected chi connectivity index (χ4v) is 3.40. The number of piperidine rings is 1. The summed E-state index contributed by atoms with van der Waals surface area (Å²) in [4.78, 5) is 30.7. The first kappa shape index (κ1) is 19.4. The van der Waals surface area contributed by atoms with Crippen molar-refractivity contribution in [3.8, 4) is 0 Å². The van der Waals surface area contributed by atoms with Gasteiger partial charge in [-0.05, 0) is 60.8 Å². The average molecular weight is 435 g/mol. The molecule has 2 aromatic heterocycles. The Morgan fingerprint density at radius 1 is 1.30 bits per heavy atom. The number of urea groups is 1. The van der Waals surface area contributed by atoms with Gasteiger partial charge in [0.25, 0.3) is 0 Å². The summed E-state index contributed by atoms with van der Waals surface area (Å²) < 4.78 is 6.33. The number of carbonyl (C=O) groups is 2. The number of anilines is 1. The fraction of sp³-hybridized carbons (Fsp3) is 0.421. The Balaban J connectivity index is 1.45. The van der Waals surface area contributed by atoms with Gasteiger partial charge in [-0.25, -0.2) is 9.78 Å². The summed E-state index contributed by atoms with van der Waals surface area (Å²) in [5, 5.41) is 5.76. The van der Waals surface area contributed by atoms with Gasteiger partial charge in [-0.2, -0.15) is 0 Å². The van der Waals surface area contributed by atoms with E-state index in [2.05, 4.69) is 31.5 Å². The molecule has 0 bridgehead atoms. The molecule has 144 valence electrons. The quantitative estimate of drug-likeness (QED) is 0.768. The van der Waals surface area contributed by atoms with E-state index < -0.39 is 0 Å².